The van der Waals surface area contributed by atoms with E-state index in [-0.39, 0.29) is 6.10 Å². The van der Waals surface area contributed by atoms with E-state index < -0.39 is 12.1 Å². The van der Waals surface area contributed by atoms with Gasteiger partial charge in [0.15, 0.2) is 17.6 Å². The van der Waals surface area contributed by atoms with Crippen LogP contribution in [-0.4, -0.2) is 53.5 Å². The number of carboxylic acids is 1. The highest BCUT2D eigenvalue weighted by Crippen LogP contribution is 2.41. The number of carboxylic acid groups (broad SMARTS) is 1. The number of benzene rings is 1. The smallest absolute Gasteiger partial charge is 0.344 e. The van der Waals surface area contributed by atoms with Crippen molar-refractivity contribution >= 4 is 17.6 Å². The normalized spacial score (nSPS) is 27.1. The van der Waals surface area contributed by atoms with E-state index in [1.54, 1.807) is 12.1 Å². The van der Waals surface area contributed by atoms with Crippen molar-refractivity contribution in [3.8, 4) is 11.5 Å². The van der Waals surface area contributed by atoms with Crippen LogP contribution < -0.4 is 9.47 Å². The van der Waals surface area contributed by atoms with Gasteiger partial charge < -0.3 is 19.7 Å². The number of nitrogens with zero attached hydrogens (tertiary/aromatic N) is 1. The van der Waals surface area contributed by atoms with Gasteiger partial charge in [-0.15, -0.1) is 0 Å². The Balaban J connectivity index is 1.80. The SMILES string of the molecule is COc1cc(Cl)cc(CN2C[C@H]3CC(O)C[C@H]3C2)c1OC(C)C(=O)O. The van der Waals surface area contributed by atoms with Crippen molar-refractivity contribution in [1.29, 1.82) is 0 Å². The van der Waals surface area contributed by atoms with E-state index in [1.807, 2.05) is 0 Å². The Bertz CT molecular complexity index is 639. The molecular formula is C18H24ClNO5. The molecule has 2 fully saturated rings. The fourth-order valence-electron chi connectivity index (χ4n) is 3.99. The van der Waals surface area contributed by atoms with Gasteiger partial charge in [0.2, 0.25) is 0 Å². The van der Waals surface area contributed by atoms with Crippen LogP contribution in [-0.2, 0) is 11.3 Å². The number of methoxy groups -OCH3 is 1. The predicted molar refractivity (Wildman–Crippen MR) is 93.2 cm³/mol. The molecule has 25 heavy (non-hydrogen) atoms. The number of rotatable bonds is 6. The molecule has 1 aliphatic heterocycles. The second kappa shape index (κ2) is 7.40. The van der Waals surface area contributed by atoms with Crippen LogP contribution >= 0.6 is 11.6 Å². The maximum Gasteiger partial charge on any atom is 0.344 e. The topological polar surface area (TPSA) is 79.2 Å². The molecule has 0 amide bonds. The minimum atomic E-state index is -1.03. The van der Waals surface area contributed by atoms with Gasteiger partial charge in [-0.2, -0.15) is 0 Å². The Morgan fingerprint density at radius 2 is 2.00 bits per heavy atom. The average Bonchev–Trinajstić information content (AvgIpc) is 3.05. The number of carbonyl (C=O) groups is 1. The second-order valence-electron chi connectivity index (χ2n) is 7.03. The summed E-state index contributed by atoms with van der Waals surface area (Å²) in [5.74, 6) is 0.883. The molecule has 1 heterocycles. The molecule has 6 nitrogen and oxygen atoms in total. The lowest BCUT2D eigenvalue weighted by molar-refractivity contribution is -0.144. The Labute approximate surface area is 152 Å². The van der Waals surface area contributed by atoms with Crippen molar-refractivity contribution in [2.75, 3.05) is 20.2 Å². The first-order chi connectivity index (χ1) is 11.9. The number of hydrogen-bond donors (Lipinski definition) is 2. The molecule has 2 N–H and O–H groups in total. The van der Waals surface area contributed by atoms with Crippen LogP contribution in [0.5, 0.6) is 11.5 Å². The lowest BCUT2D eigenvalue weighted by atomic mass is 10.0. The summed E-state index contributed by atoms with van der Waals surface area (Å²) in [5, 5.41) is 19.5. The summed E-state index contributed by atoms with van der Waals surface area (Å²) in [4.78, 5) is 13.5. The Morgan fingerprint density at radius 3 is 2.56 bits per heavy atom. The number of aliphatic hydroxyl groups excluding tert-OH is 1. The number of ether oxygens (including phenoxy) is 2. The van der Waals surface area contributed by atoms with E-state index in [0.29, 0.717) is 34.9 Å². The zero-order valence-corrected chi connectivity index (χ0v) is 15.2. The molecule has 0 spiro atoms. The summed E-state index contributed by atoms with van der Waals surface area (Å²) in [6.07, 6.45) is 0.569. The van der Waals surface area contributed by atoms with Crippen LogP contribution in [0.4, 0.5) is 0 Å². The van der Waals surface area contributed by atoms with Crippen LogP contribution in [0.2, 0.25) is 5.02 Å². The van der Waals surface area contributed by atoms with E-state index >= 15 is 0 Å². The second-order valence-corrected chi connectivity index (χ2v) is 7.47. The molecule has 4 atom stereocenters. The molecule has 0 radical (unpaired) electrons. The van der Waals surface area contributed by atoms with Gasteiger partial charge in [0, 0.05) is 36.3 Å². The van der Waals surface area contributed by atoms with Crippen LogP contribution in [0.1, 0.15) is 25.3 Å². The van der Waals surface area contributed by atoms with Gasteiger partial charge in [-0.05, 0) is 37.7 Å². The van der Waals surface area contributed by atoms with Crippen molar-refractivity contribution in [3.05, 3.63) is 22.7 Å². The summed E-state index contributed by atoms with van der Waals surface area (Å²) in [6.45, 7) is 3.94. The molecule has 2 aliphatic rings. The fraction of sp³-hybridized carbons (Fsp3) is 0.611. The molecule has 0 bridgehead atoms. The lowest BCUT2D eigenvalue weighted by Gasteiger charge is -2.22. The molecule has 0 aromatic heterocycles. The third kappa shape index (κ3) is 4.02. The van der Waals surface area contributed by atoms with Crippen LogP contribution in [0.15, 0.2) is 12.1 Å². The van der Waals surface area contributed by atoms with E-state index in [1.165, 1.54) is 14.0 Å². The molecule has 138 valence electrons. The minimum Gasteiger partial charge on any atom is -0.493 e. The van der Waals surface area contributed by atoms with E-state index in [9.17, 15) is 9.90 Å². The summed E-state index contributed by atoms with van der Waals surface area (Å²) in [6, 6.07) is 3.43. The van der Waals surface area contributed by atoms with E-state index in [2.05, 4.69) is 4.90 Å². The predicted octanol–water partition coefficient (Wildman–Crippen LogP) is 2.40. The number of aliphatic carboxylic acids is 1. The number of fused-ring (bicyclic) bond motifs is 1. The monoisotopic (exact) mass is 369 g/mol. The van der Waals surface area contributed by atoms with Crippen LogP contribution in [0, 0.1) is 11.8 Å². The number of hydrogen-bond acceptors (Lipinski definition) is 5. The first-order valence-electron chi connectivity index (χ1n) is 8.53. The fourth-order valence-corrected chi connectivity index (χ4v) is 4.22. The van der Waals surface area contributed by atoms with Crippen LogP contribution in [0.25, 0.3) is 0 Å². The largest absolute Gasteiger partial charge is 0.493 e. The standard InChI is InChI=1S/C18H24ClNO5/c1-10(18(22)23)25-17-13(3-14(19)6-16(17)24-2)9-20-7-11-4-15(21)5-12(11)8-20/h3,6,10-12,15,21H,4-5,7-9H2,1-2H3,(H,22,23)/t10?,11-,12+,15?. The highest BCUT2D eigenvalue weighted by atomic mass is 35.5. The molecule has 1 saturated carbocycles. The maximum absolute atomic E-state index is 11.2. The van der Waals surface area contributed by atoms with Crippen LogP contribution in [0.3, 0.4) is 0 Å². The molecule has 2 unspecified atom stereocenters. The van der Waals surface area contributed by atoms with Crippen molar-refractivity contribution in [2.24, 2.45) is 11.8 Å². The van der Waals surface area contributed by atoms with Crippen molar-refractivity contribution in [1.82, 2.24) is 4.90 Å². The zero-order valence-electron chi connectivity index (χ0n) is 14.4. The highest BCUT2D eigenvalue weighted by Gasteiger charge is 2.40. The Kier molecular flexibility index (Phi) is 5.41. The highest BCUT2D eigenvalue weighted by molar-refractivity contribution is 6.30. The summed E-state index contributed by atoms with van der Waals surface area (Å²) < 4.78 is 11.0. The first kappa shape index (κ1) is 18.3. The van der Waals surface area contributed by atoms with Gasteiger partial charge in [0.05, 0.1) is 13.2 Å². The number of aliphatic hydroxyl groups is 1. The van der Waals surface area contributed by atoms with Crippen molar-refractivity contribution in [2.45, 2.75) is 38.5 Å². The van der Waals surface area contributed by atoms with Crippen molar-refractivity contribution in [3.63, 3.8) is 0 Å². The lowest BCUT2D eigenvalue weighted by Crippen LogP contribution is -2.26. The molecule has 7 heteroatoms. The van der Waals surface area contributed by atoms with Gasteiger partial charge in [-0.25, -0.2) is 4.79 Å². The van der Waals surface area contributed by atoms with Gasteiger partial charge in [-0.3, -0.25) is 4.90 Å². The molecule has 1 aromatic carbocycles. The molecule has 1 aromatic rings. The quantitative estimate of drug-likeness (QED) is 0.801. The van der Waals surface area contributed by atoms with Gasteiger partial charge in [0.25, 0.3) is 0 Å². The molecule has 1 aliphatic carbocycles. The van der Waals surface area contributed by atoms with Gasteiger partial charge >= 0.3 is 5.97 Å². The minimum absolute atomic E-state index is 0.168. The summed E-state index contributed by atoms with van der Waals surface area (Å²) in [5.41, 5.74) is 0.818. The molecule has 3 rings (SSSR count). The van der Waals surface area contributed by atoms with E-state index in [0.717, 1.165) is 31.5 Å². The van der Waals surface area contributed by atoms with Crippen molar-refractivity contribution < 1.29 is 24.5 Å². The summed E-state index contributed by atoms with van der Waals surface area (Å²) >= 11 is 6.20. The van der Waals surface area contributed by atoms with Gasteiger partial charge in [0.1, 0.15) is 0 Å². The molecule has 1 saturated heterocycles. The third-order valence-electron chi connectivity index (χ3n) is 5.15. The maximum atomic E-state index is 11.2. The third-order valence-corrected chi connectivity index (χ3v) is 5.37. The summed E-state index contributed by atoms with van der Waals surface area (Å²) in [7, 11) is 1.51. The van der Waals surface area contributed by atoms with E-state index in [4.69, 9.17) is 26.2 Å². The zero-order chi connectivity index (χ0) is 18.1. The Morgan fingerprint density at radius 1 is 1.36 bits per heavy atom. The van der Waals surface area contributed by atoms with Gasteiger partial charge in [-0.1, -0.05) is 11.6 Å². The first-order valence-corrected chi connectivity index (χ1v) is 8.91. The number of halogens is 1. The number of likely N-dealkylation sites (tertiary alicyclic amines) is 1. The molecular weight excluding hydrogens is 346 g/mol. The Hall–Kier alpha value is -1.50. The average molecular weight is 370 g/mol.